The fourth-order valence-electron chi connectivity index (χ4n) is 3.30. The van der Waals surface area contributed by atoms with Crippen LogP contribution in [0.1, 0.15) is 47.3 Å². The van der Waals surface area contributed by atoms with Gasteiger partial charge in [-0.2, -0.15) is 0 Å². The van der Waals surface area contributed by atoms with Gasteiger partial charge in [0.25, 0.3) is 11.8 Å². The predicted octanol–water partition coefficient (Wildman–Crippen LogP) is 3.54. The third-order valence-corrected chi connectivity index (χ3v) is 4.65. The molecule has 0 unspecified atom stereocenters. The van der Waals surface area contributed by atoms with Crippen LogP contribution in [0.25, 0.3) is 11.0 Å². The van der Waals surface area contributed by atoms with Gasteiger partial charge in [-0.15, -0.1) is 0 Å². The molecule has 0 radical (unpaired) electrons. The van der Waals surface area contributed by atoms with Gasteiger partial charge in [0, 0.05) is 19.2 Å². The molecule has 0 atom stereocenters. The van der Waals surface area contributed by atoms with Crippen LogP contribution in [0.5, 0.6) is 5.75 Å². The van der Waals surface area contributed by atoms with Crippen LogP contribution in [-0.2, 0) is 13.5 Å². The average Bonchev–Trinajstić information content (AvgIpc) is 2.99. The number of hydrogen-bond donors (Lipinski definition) is 2. The number of nitrogens with one attached hydrogen (secondary N) is 2. The number of hydrogen-bond acceptors (Lipinski definition) is 4. The van der Waals surface area contributed by atoms with E-state index in [1.54, 1.807) is 23.7 Å². The molecule has 7 nitrogen and oxygen atoms in total. The van der Waals surface area contributed by atoms with Crippen LogP contribution in [0, 0.1) is 0 Å². The summed E-state index contributed by atoms with van der Waals surface area (Å²) in [5.74, 6) is 0.0463. The number of aryl methyl sites for hydroxylation is 2. The van der Waals surface area contributed by atoms with Crippen molar-refractivity contribution in [3.8, 4) is 5.75 Å². The molecular formula is C22H26N4O3. The van der Waals surface area contributed by atoms with Crippen LogP contribution in [0.15, 0.2) is 36.4 Å². The van der Waals surface area contributed by atoms with Gasteiger partial charge in [-0.3, -0.25) is 9.59 Å². The van der Waals surface area contributed by atoms with E-state index in [0.717, 1.165) is 5.69 Å². The summed E-state index contributed by atoms with van der Waals surface area (Å²) in [6.45, 7) is 6.63. The standard InChI is InChI=1S/C22H26N4O3/c1-5-16-17(25-21(27)14-11-9-8-10-12-14)13-15-19(29-7-3)18(22(28)23-6-2)26(4)20(15)24-16/h8-13H,5-7H2,1-4H3,(H,23,28)(H,25,27). The molecular weight excluding hydrogens is 368 g/mol. The summed E-state index contributed by atoms with van der Waals surface area (Å²) < 4.78 is 7.57. The summed E-state index contributed by atoms with van der Waals surface area (Å²) in [4.78, 5) is 30.0. The Kier molecular flexibility index (Phi) is 6.16. The highest BCUT2D eigenvalue weighted by atomic mass is 16.5. The molecule has 0 saturated heterocycles. The first-order valence-electron chi connectivity index (χ1n) is 9.81. The first kappa shape index (κ1) is 20.4. The highest BCUT2D eigenvalue weighted by molar-refractivity contribution is 6.07. The van der Waals surface area contributed by atoms with E-state index < -0.39 is 0 Å². The highest BCUT2D eigenvalue weighted by Crippen LogP contribution is 2.35. The molecule has 0 aliphatic heterocycles. The highest BCUT2D eigenvalue weighted by Gasteiger charge is 2.24. The van der Waals surface area contributed by atoms with Gasteiger partial charge in [-0.25, -0.2) is 4.98 Å². The van der Waals surface area contributed by atoms with E-state index in [2.05, 4.69) is 10.6 Å². The molecule has 3 rings (SSSR count). The zero-order valence-corrected chi connectivity index (χ0v) is 17.2. The molecule has 2 aromatic heterocycles. The molecule has 1 aromatic carbocycles. The average molecular weight is 394 g/mol. The third-order valence-electron chi connectivity index (χ3n) is 4.65. The normalized spacial score (nSPS) is 10.8. The number of benzene rings is 1. The molecule has 152 valence electrons. The Bertz CT molecular complexity index is 1040. The molecule has 0 bridgehead atoms. The van der Waals surface area contributed by atoms with Crippen molar-refractivity contribution in [1.29, 1.82) is 0 Å². The van der Waals surface area contributed by atoms with Gasteiger partial charge in [-0.05, 0) is 38.5 Å². The van der Waals surface area contributed by atoms with E-state index in [1.807, 2.05) is 45.0 Å². The maximum Gasteiger partial charge on any atom is 0.271 e. The van der Waals surface area contributed by atoms with E-state index in [0.29, 0.717) is 53.3 Å². The topological polar surface area (TPSA) is 85.2 Å². The van der Waals surface area contributed by atoms with Gasteiger partial charge in [-0.1, -0.05) is 25.1 Å². The van der Waals surface area contributed by atoms with E-state index >= 15 is 0 Å². The first-order chi connectivity index (χ1) is 14.0. The van der Waals surface area contributed by atoms with E-state index in [9.17, 15) is 9.59 Å². The number of carbonyl (C=O) groups is 2. The molecule has 29 heavy (non-hydrogen) atoms. The van der Waals surface area contributed by atoms with Crippen LogP contribution in [-0.4, -0.2) is 34.5 Å². The molecule has 0 aliphatic rings. The number of rotatable bonds is 7. The first-order valence-corrected chi connectivity index (χ1v) is 9.81. The van der Waals surface area contributed by atoms with Gasteiger partial charge in [0.15, 0.2) is 11.4 Å². The summed E-state index contributed by atoms with van der Waals surface area (Å²) in [5, 5.41) is 6.47. The maximum atomic E-state index is 12.7. The second-order valence-corrected chi connectivity index (χ2v) is 6.56. The van der Waals surface area contributed by atoms with Crippen molar-refractivity contribution in [2.24, 2.45) is 7.05 Å². The second kappa shape index (κ2) is 8.77. The van der Waals surface area contributed by atoms with Crippen molar-refractivity contribution in [3.05, 3.63) is 53.3 Å². The van der Waals surface area contributed by atoms with E-state index in [4.69, 9.17) is 9.72 Å². The Hall–Kier alpha value is -3.35. The van der Waals surface area contributed by atoms with Gasteiger partial charge in [0.05, 0.1) is 23.4 Å². The Balaban J connectivity index is 2.13. The smallest absolute Gasteiger partial charge is 0.271 e. The van der Waals surface area contributed by atoms with Crippen LogP contribution in [0.2, 0.25) is 0 Å². The number of fused-ring (bicyclic) bond motifs is 1. The lowest BCUT2D eigenvalue weighted by atomic mass is 10.1. The van der Waals surface area contributed by atoms with Crippen LogP contribution in [0.3, 0.4) is 0 Å². The maximum absolute atomic E-state index is 12.7. The number of aromatic nitrogens is 2. The molecule has 7 heteroatoms. The van der Waals surface area contributed by atoms with Crippen molar-refractivity contribution in [1.82, 2.24) is 14.9 Å². The zero-order chi connectivity index (χ0) is 21.0. The Morgan fingerprint density at radius 1 is 1.10 bits per heavy atom. The molecule has 0 saturated carbocycles. The molecule has 2 N–H and O–H groups in total. The van der Waals surface area contributed by atoms with E-state index in [1.165, 1.54) is 0 Å². The summed E-state index contributed by atoms with van der Waals surface area (Å²) in [6, 6.07) is 10.9. The summed E-state index contributed by atoms with van der Waals surface area (Å²) in [5.41, 5.74) is 2.99. The Morgan fingerprint density at radius 3 is 2.45 bits per heavy atom. The molecule has 0 spiro atoms. The summed E-state index contributed by atoms with van der Waals surface area (Å²) in [6.07, 6.45) is 0.631. The molecule has 3 aromatic rings. The van der Waals surface area contributed by atoms with Crippen molar-refractivity contribution in [3.63, 3.8) is 0 Å². The van der Waals surface area contributed by atoms with Gasteiger partial charge < -0.3 is 19.9 Å². The minimum absolute atomic E-state index is 0.209. The lowest BCUT2D eigenvalue weighted by molar-refractivity contribution is 0.0943. The van der Waals surface area contributed by atoms with Gasteiger partial charge in [0.2, 0.25) is 0 Å². The van der Waals surface area contributed by atoms with Gasteiger partial charge in [0.1, 0.15) is 5.65 Å². The lowest BCUT2D eigenvalue weighted by Crippen LogP contribution is -2.25. The minimum Gasteiger partial charge on any atom is -0.491 e. The minimum atomic E-state index is -0.218. The monoisotopic (exact) mass is 394 g/mol. The van der Waals surface area contributed by atoms with Crippen molar-refractivity contribution in [2.75, 3.05) is 18.5 Å². The number of amides is 2. The fraction of sp³-hybridized carbons (Fsp3) is 0.318. The second-order valence-electron chi connectivity index (χ2n) is 6.56. The molecule has 0 aliphatic carbocycles. The predicted molar refractivity (Wildman–Crippen MR) is 114 cm³/mol. The number of carbonyl (C=O) groups excluding carboxylic acids is 2. The number of pyridine rings is 1. The number of ether oxygens (including phenoxy) is 1. The number of nitrogens with zero attached hydrogens (tertiary/aromatic N) is 2. The van der Waals surface area contributed by atoms with Crippen molar-refractivity contribution >= 4 is 28.5 Å². The lowest BCUT2D eigenvalue weighted by Gasteiger charge is -2.11. The SMILES string of the molecule is CCNC(=O)c1c(OCC)c2cc(NC(=O)c3ccccc3)c(CC)nc2n1C. The summed E-state index contributed by atoms with van der Waals surface area (Å²) >= 11 is 0. The van der Waals surface area contributed by atoms with Crippen LogP contribution < -0.4 is 15.4 Å². The molecule has 2 amide bonds. The Morgan fingerprint density at radius 2 is 1.83 bits per heavy atom. The Labute approximate surface area is 170 Å². The fourth-order valence-corrected chi connectivity index (χ4v) is 3.30. The van der Waals surface area contributed by atoms with Crippen LogP contribution in [0.4, 0.5) is 5.69 Å². The molecule has 2 heterocycles. The van der Waals surface area contributed by atoms with E-state index in [-0.39, 0.29) is 11.8 Å². The largest absolute Gasteiger partial charge is 0.491 e. The zero-order valence-electron chi connectivity index (χ0n) is 17.2. The third kappa shape index (κ3) is 3.94. The van der Waals surface area contributed by atoms with Gasteiger partial charge >= 0.3 is 0 Å². The van der Waals surface area contributed by atoms with Crippen LogP contribution >= 0.6 is 0 Å². The number of anilines is 1. The summed E-state index contributed by atoms with van der Waals surface area (Å²) in [7, 11) is 1.80. The quantitative estimate of drug-likeness (QED) is 0.642. The molecule has 0 fully saturated rings. The van der Waals surface area contributed by atoms with Crippen molar-refractivity contribution < 1.29 is 14.3 Å². The van der Waals surface area contributed by atoms with Crippen molar-refractivity contribution in [2.45, 2.75) is 27.2 Å².